The van der Waals surface area contributed by atoms with E-state index in [9.17, 15) is 22.0 Å². The number of allylic oxidation sites excluding steroid dienone is 1. The van der Waals surface area contributed by atoms with Crippen molar-refractivity contribution in [1.29, 1.82) is 0 Å². The standard InChI is InChI=1S/C6H9F2NO3S/c1-4(2)3-5(10)9-13(11,12)6(7)8/h3,6H,1-2H3,(H,9,10). The number of alkyl halides is 2. The lowest BCUT2D eigenvalue weighted by atomic mass is 10.3. The average molecular weight is 213 g/mol. The first-order chi connectivity index (χ1) is 5.75. The molecule has 0 bridgehead atoms. The maximum absolute atomic E-state index is 11.7. The number of carbonyl (C=O) groups excluding carboxylic acids is 1. The molecule has 0 aliphatic carbocycles. The van der Waals surface area contributed by atoms with Crippen LogP contribution in [0.3, 0.4) is 0 Å². The minimum absolute atomic E-state index is 0.516. The molecule has 76 valence electrons. The highest BCUT2D eigenvalue weighted by Gasteiger charge is 2.25. The van der Waals surface area contributed by atoms with Crippen LogP contribution in [0, 0.1) is 0 Å². The van der Waals surface area contributed by atoms with Gasteiger partial charge in [0, 0.05) is 6.08 Å². The fraction of sp³-hybridized carbons (Fsp3) is 0.500. The molecule has 0 saturated carbocycles. The third-order valence-electron chi connectivity index (χ3n) is 0.897. The zero-order valence-electron chi connectivity index (χ0n) is 7.04. The van der Waals surface area contributed by atoms with Gasteiger partial charge in [0.15, 0.2) is 0 Å². The van der Waals surface area contributed by atoms with Gasteiger partial charge in [-0.2, -0.15) is 8.78 Å². The first-order valence-electron chi connectivity index (χ1n) is 3.24. The molecule has 0 spiro atoms. The molecule has 1 amide bonds. The predicted octanol–water partition coefficient (Wildman–Crippen LogP) is 0.621. The van der Waals surface area contributed by atoms with Crippen LogP contribution < -0.4 is 4.72 Å². The molecule has 0 aliphatic rings. The van der Waals surface area contributed by atoms with Gasteiger partial charge in [0.2, 0.25) is 0 Å². The van der Waals surface area contributed by atoms with Crippen molar-refractivity contribution in [2.24, 2.45) is 0 Å². The van der Waals surface area contributed by atoms with Gasteiger partial charge < -0.3 is 0 Å². The number of amides is 1. The fourth-order valence-electron chi connectivity index (χ4n) is 0.476. The highest BCUT2D eigenvalue weighted by molar-refractivity contribution is 7.90. The molecule has 0 fully saturated rings. The zero-order chi connectivity index (χ0) is 10.6. The molecule has 4 nitrogen and oxygen atoms in total. The summed E-state index contributed by atoms with van der Waals surface area (Å²) in [6.45, 7) is 3.07. The summed E-state index contributed by atoms with van der Waals surface area (Å²) in [5, 5.41) is 0. The molecule has 0 aromatic rings. The lowest BCUT2D eigenvalue weighted by Crippen LogP contribution is -2.33. The number of sulfonamides is 1. The molecule has 0 radical (unpaired) electrons. The molecule has 7 heteroatoms. The maximum Gasteiger partial charge on any atom is 0.355 e. The summed E-state index contributed by atoms with van der Waals surface area (Å²) in [4.78, 5) is 10.7. The van der Waals surface area contributed by atoms with Gasteiger partial charge in [-0.25, -0.2) is 13.1 Å². The number of hydrogen-bond donors (Lipinski definition) is 1. The minimum Gasteiger partial charge on any atom is -0.269 e. The Balaban J connectivity index is 4.49. The summed E-state index contributed by atoms with van der Waals surface area (Å²) in [5.41, 5.74) is 0.516. The van der Waals surface area contributed by atoms with Crippen molar-refractivity contribution in [3.8, 4) is 0 Å². The van der Waals surface area contributed by atoms with Crippen molar-refractivity contribution < 1.29 is 22.0 Å². The van der Waals surface area contributed by atoms with Gasteiger partial charge in [-0.05, 0) is 13.8 Å². The van der Waals surface area contributed by atoms with Gasteiger partial charge >= 0.3 is 5.76 Å². The normalized spacial score (nSPS) is 11.2. The fourth-order valence-corrected chi connectivity index (χ4v) is 0.905. The Morgan fingerprint density at radius 3 is 2.15 bits per heavy atom. The Hall–Kier alpha value is -0.980. The van der Waals surface area contributed by atoms with Gasteiger partial charge in [0.1, 0.15) is 0 Å². The van der Waals surface area contributed by atoms with Crippen LogP contribution in [0.4, 0.5) is 8.78 Å². The number of halogens is 2. The molecule has 0 aliphatic heterocycles. The largest absolute Gasteiger partial charge is 0.355 e. The van der Waals surface area contributed by atoms with Crippen molar-refractivity contribution in [2.45, 2.75) is 19.6 Å². The quantitative estimate of drug-likeness (QED) is 0.699. The van der Waals surface area contributed by atoms with Crippen molar-refractivity contribution in [2.75, 3.05) is 0 Å². The third-order valence-corrected chi connectivity index (χ3v) is 1.85. The SMILES string of the molecule is CC(C)=CC(=O)NS(=O)(=O)C(F)F. The van der Waals surface area contributed by atoms with Gasteiger partial charge in [0.05, 0.1) is 0 Å². The minimum atomic E-state index is -4.82. The van der Waals surface area contributed by atoms with Crippen LogP contribution in [0.5, 0.6) is 0 Å². The van der Waals surface area contributed by atoms with E-state index >= 15 is 0 Å². The second-order valence-electron chi connectivity index (χ2n) is 2.49. The Bertz CT molecular complexity index is 317. The van der Waals surface area contributed by atoms with Crippen molar-refractivity contribution in [3.63, 3.8) is 0 Å². The zero-order valence-corrected chi connectivity index (χ0v) is 7.86. The molecule has 0 aromatic carbocycles. The van der Waals surface area contributed by atoms with E-state index in [1.54, 1.807) is 0 Å². The molecule has 13 heavy (non-hydrogen) atoms. The van der Waals surface area contributed by atoms with E-state index in [0.29, 0.717) is 5.57 Å². The molecular formula is C6H9F2NO3S. The van der Waals surface area contributed by atoms with E-state index < -0.39 is 21.7 Å². The molecule has 0 atom stereocenters. The third kappa shape index (κ3) is 4.56. The molecule has 0 heterocycles. The van der Waals surface area contributed by atoms with E-state index in [0.717, 1.165) is 6.08 Å². The number of rotatable bonds is 3. The molecule has 1 N–H and O–H groups in total. The molecule has 0 aromatic heterocycles. The van der Waals surface area contributed by atoms with Crippen LogP contribution in [0.1, 0.15) is 13.8 Å². The Kier molecular flexibility index (Phi) is 3.99. The first-order valence-corrected chi connectivity index (χ1v) is 4.79. The Labute approximate surface area is 74.7 Å². The van der Waals surface area contributed by atoms with Gasteiger partial charge in [-0.1, -0.05) is 5.57 Å². The van der Waals surface area contributed by atoms with Gasteiger partial charge in [-0.15, -0.1) is 0 Å². The summed E-state index contributed by atoms with van der Waals surface area (Å²) in [6.07, 6.45) is 0.917. The Morgan fingerprint density at radius 1 is 1.38 bits per heavy atom. The van der Waals surface area contributed by atoms with Crippen molar-refractivity contribution in [1.82, 2.24) is 4.72 Å². The number of carbonyl (C=O) groups is 1. The average Bonchev–Trinajstić information content (AvgIpc) is 1.82. The van der Waals surface area contributed by atoms with Gasteiger partial charge in [0.25, 0.3) is 15.9 Å². The van der Waals surface area contributed by atoms with Crippen molar-refractivity contribution >= 4 is 15.9 Å². The Morgan fingerprint density at radius 2 is 1.85 bits per heavy atom. The van der Waals surface area contributed by atoms with E-state index in [4.69, 9.17) is 0 Å². The second kappa shape index (κ2) is 4.31. The van der Waals surface area contributed by atoms with E-state index in [1.165, 1.54) is 18.6 Å². The van der Waals surface area contributed by atoms with Crippen LogP contribution in [0.15, 0.2) is 11.6 Å². The molecule has 0 unspecified atom stereocenters. The lowest BCUT2D eigenvalue weighted by Gasteiger charge is -2.02. The predicted molar refractivity (Wildman–Crippen MR) is 42.5 cm³/mol. The number of nitrogens with one attached hydrogen (secondary N) is 1. The summed E-state index contributed by atoms with van der Waals surface area (Å²) in [7, 11) is -4.82. The van der Waals surface area contributed by atoms with Crippen LogP contribution in [-0.4, -0.2) is 20.1 Å². The van der Waals surface area contributed by atoms with E-state index in [1.807, 2.05) is 0 Å². The smallest absolute Gasteiger partial charge is 0.269 e. The summed E-state index contributed by atoms with van der Waals surface area (Å²) in [6, 6.07) is 0. The first kappa shape index (κ1) is 12.0. The van der Waals surface area contributed by atoms with Crippen LogP contribution in [0.25, 0.3) is 0 Å². The highest BCUT2D eigenvalue weighted by Crippen LogP contribution is 2.01. The lowest BCUT2D eigenvalue weighted by molar-refractivity contribution is -0.115. The van der Waals surface area contributed by atoms with E-state index in [-0.39, 0.29) is 0 Å². The molecular weight excluding hydrogens is 204 g/mol. The van der Waals surface area contributed by atoms with Crippen LogP contribution >= 0.6 is 0 Å². The summed E-state index contributed by atoms with van der Waals surface area (Å²) >= 11 is 0. The van der Waals surface area contributed by atoms with Crippen molar-refractivity contribution in [3.05, 3.63) is 11.6 Å². The van der Waals surface area contributed by atoms with Crippen LogP contribution in [0.2, 0.25) is 0 Å². The summed E-state index contributed by atoms with van der Waals surface area (Å²) in [5.74, 6) is -4.66. The summed E-state index contributed by atoms with van der Waals surface area (Å²) < 4.78 is 45.4. The van der Waals surface area contributed by atoms with E-state index in [2.05, 4.69) is 0 Å². The topological polar surface area (TPSA) is 63.2 Å². The second-order valence-corrected chi connectivity index (χ2v) is 4.14. The van der Waals surface area contributed by atoms with Crippen LogP contribution in [-0.2, 0) is 14.8 Å². The molecule has 0 rings (SSSR count). The van der Waals surface area contributed by atoms with Gasteiger partial charge in [-0.3, -0.25) is 4.79 Å². The number of hydrogen-bond acceptors (Lipinski definition) is 3. The molecule has 0 saturated heterocycles. The highest BCUT2D eigenvalue weighted by atomic mass is 32.2. The maximum atomic E-state index is 11.7. The monoisotopic (exact) mass is 213 g/mol.